The smallest absolute Gasteiger partial charge is 0.550 e. The molecule has 0 saturated heterocycles. The molecule has 0 radical (unpaired) electrons. The summed E-state index contributed by atoms with van der Waals surface area (Å²) in [7, 11) is 0. The van der Waals surface area contributed by atoms with Gasteiger partial charge in [-0.15, -0.1) is 0 Å². The van der Waals surface area contributed by atoms with Crippen molar-refractivity contribution in [3.8, 4) is 5.75 Å². The number of benzene rings is 1. The Labute approximate surface area is 186 Å². The minimum atomic E-state index is -0.976. The van der Waals surface area contributed by atoms with Crippen LogP contribution in [0.2, 0.25) is 10.0 Å². The number of carbonyl (C=O) groups is 2. The molecule has 0 heterocycles. The van der Waals surface area contributed by atoms with E-state index in [2.05, 4.69) is 5.32 Å². The topological polar surface area (TPSA) is 89.5 Å². The molecule has 1 amide bonds. The molecule has 1 aromatic carbocycles. The second-order valence-electron chi connectivity index (χ2n) is 5.99. The summed E-state index contributed by atoms with van der Waals surface area (Å²) in [6, 6.07) is 2.77. The van der Waals surface area contributed by atoms with E-state index in [4.69, 9.17) is 23.2 Å². The van der Waals surface area contributed by atoms with Gasteiger partial charge in [0.1, 0.15) is 5.75 Å². The third kappa shape index (κ3) is 10.6. The summed E-state index contributed by atoms with van der Waals surface area (Å²) in [5.41, 5.74) is 0.0778. The predicted octanol–water partition coefficient (Wildman–Crippen LogP) is 0.694. The maximum absolute atomic E-state index is 12.0. The number of carboxylic acids is 1. The number of carboxylic acid groups (broad SMARTS) is 1. The van der Waals surface area contributed by atoms with Crippen molar-refractivity contribution < 1.29 is 49.4 Å². The summed E-state index contributed by atoms with van der Waals surface area (Å²) in [6.45, 7) is 0.522. The maximum Gasteiger partial charge on any atom is 1.00 e. The SMILES string of the molecule is O=C([O-])CCCCCCCCCCNC(=O)c1cc(Cl)cc(Cl)c1O.[Na+]. The normalized spacial score (nSPS) is 10.2. The van der Waals surface area contributed by atoms with Crippen LogP contribution < -0.4 is 40.0 Å². The Morgan fingerprint density at radius 2 is 1.50 bits per heavy atom. The van der Waals surface area contributed by atoms with Crippen LogP contribution in [-0.4, -0.2) is 23.5 Å². The van der Waals surface area contributed by atoms with Crippen molar-refractivity contribution in [2.24, 2.45) is 0 Å². The van der Waals surface area contributed by atoms with Gasteiger partial charge < -0.3 is 20.3 Å². The Balaban J connectivity index is 0.00000625. The van der Waals surface area contributed by atoms with Gasteiger partial charge in [0.15, 0.2) is 0 Å². The van der Waals surface area contributed by atoms with Crippen molar-refractivity contribution in [2.45, 2.75) is 57.8 Å². The number of nitrogens with one attached hydrogen (secondary N) is 1. The molecule has 0 fully saturated rings. The maximum atomic E-state index is 12.0. The molecular weight excluding hydrogens is 388 g/mol. The van der Waals surface area contributed by atoms with E-state index in [1.54, 1.807) is 0 Å². The van der Waals surface area contributed by atoms with Crippen molar-refractivity contribution in [3.63, 3.8) is 0 Å². The summed E-state index contributed by atoms with van der Waals surface area (Å²) < 4.78 is 0. The van der Waals surface area contributed by atoms with E-state index < -0.39 is 11.9 Å². The van der Waals surface area contributed by atoms with Crippen LogP contribution >= 0.6 is 23.2 Å². The molecule has 5 nitrogen and oxygen atoms in total. The van der Waals surface area contributed by atoms with Crippen LogP contribution in [0.3, 0.4) is 0 Å². The van der Waals surface area contributed by atoms with Crippen molar-refractivity contribution in [1.29, 1.82) is 0 Å². The fourth-order valence-electron chi connectivity index (χ4n) is 2.49. The molecule has 0 unspecified atom stereocenters. The number of carbonyl (C=O) groups excluding carboxylic acids is 2. The van der Waals surface area contributed by atoms with E-state index in [0.717, 1.165) is 44.9 Å². The van der Waals surface area contributed by atoms with E-state index in [1.165, 1.54) is 12.1 Å². The molecule has 2 N–H and O–H groups in total. The number of aliphatic carboxylic acids is 1. The minimum Gasteiger partial charge on any atom is -0.550 e. The van der Waals surface area contributed by atoms with Crippen LogP contribution in [0.15, 0.2) is 12.1 Å². The zero-order valence-corrected chi connectivity index (χ0v) is 18.7. The molecular formula is C18H24Cl2NNaO4. The first kappa shape index (κ1) is 25.5. The number of unbranched alkanes of at least 4 members (excludes halogenated alkanes) is 7. The van der Waals surface area contributed by atoms with Crippen LogP contribution in [0.1, 0.15) is 68.1 Å². The second kappa shape index (κ2) is 14.6. The molecule has 1 aromatic rings. The number of amides is 1. The number of hydrogen-bond acceptors (Lipinski definition) is 4. The summed E-state index contributed by atoms with van der Waals surface area (Å²) in [4.78, 5) is 22.3. The van der Waals surface area contributed by atoms with E-state index >= 15 is 0 Å². The molecule has 0 aromatic heterocycles. The molecule has 0 aliphatic rings. The van der Waals surface area contributed by atoms with E-state index in [9.17, 15) is 19.8 Å². The van der Waals surface area contributed by atoms with Crippen molar-refractivity contribution in [2.75, 3.05) is 6.54 Å². The Morgan fingerprint density at radius 3 is 2.08 bits per heavy atom. The third-order valence-corrected chi connectivity index (χ3v) is 4.37. The van der Waals surface area contributed by atoms with Crippen LogP contribution in [0, 0.1) is 0 Å². The van der Waals surface area contributed by atoms with E-state index in [0.29, 0.717) is 18.0 Å². The van der Waals surface area contributed by atoms with Gasteiger partial charge in [-0.05, 0) is 31.4 Å². The fourth-order valence-corrected chi connectivity index (χ4v) is 2.98. The first-order valence-corrected chi connectivity index (χ1v) is 9.33. The molecule has 8 heteroatoms. The van der Waals surface area contributed by atoms with E-state index in [-0.39, 0.29) is 52.3 Å². The Hall–Kier alpha value is -0.460. The zero-order chi connectivity index (χ0) is 18.7. The fraction of sp³-hybridized carbons (Fsp3) is 0.556. The summed E-state index contributed by atoms with van der Waals surface area (Å²) in [5, 5.41) is 23.2. The molecule has 0 spiro atoms. The Kier molecular flexibility index (Phi) is 14.3. The van der Waals surface area contributed by atoms with Crippen molar-refractivity contribution in [3.05, 3.63) is 27.7 Å². The number of phenolic OH excluding ortho intramolecular Hbond substituents is 1. The molecule has 0 bridgehead atoms. The Morgan fingerprint density at radius 1 is 0.962 bits per heavy atom. The van der Waals surface area contributed by atoms with E-state index in [1.807, 2.05) is 0 Å². The predicted molar refractivity (Wildman–Crippen MR) is 97.0 cm³/mol. The average Bonchev–Trinajstić information content (AvgIpc) is 2.55. The average molecular weight is 412 g/mol. The van der Waals surface area contributed by atoms with Crippen molar-refractivity contribution >= 4 is 35.1 Å². The van der Waals surface area contributed by atoms with Gasteiger partial charge in [0, 0.05) is 17.5 Å². The van der Waals surface area contributed by atoms with Gasteiger partial charge in [0.05, 0.1) is 10.6 Å². The number of hydrogen-bond donors (Lipinski definition) is 2. The molecule has 0 atom stereocenters. The van der Waals surface area contributed by atoms with Gasteiger partial charge in [0.2, 0.25) is 0 Å². The summed E-state index contributed by atoms with van der Waals surface area (Å²) in [5.74, 6) is -1.63. The quantitative estimate of drug-likeness (QED) is 0.391. The van der Waals surface area contributed by atoms with Gasteiger partial charge in [-0.1, -0.05) is 61.7 Å². The monoisotopic (exact) mass is 411 g/mol. The number of phenols is 1. The first-order valence-electron chi connectivity index (χ1n) is 8.58. The molecule has 0 saturated carbocycles. The standard InChI is InChI=1S/C18H25Cl2NO4.Na/c19-13-11-14(17(24)15(20)12-13)18(25)21-10-8-6-4-2-1-3-5-7-9-16(22)23;/h11-12,24H,1-10H2,(H,21,25)(H,22,23);/q;+1/p-1. The number of rotatable bonds is 12. The summed E-state index contributed by atoms with van der Waals surface area (Å²) in [6.07, 6.45) is 7.92. The van der Waals surface area contributed by atoms with Gasteiger partial charge >= 0.3 is 29.6 Å². The largest absolute Gasteiger partial charge is 1.00 e. The van der Waals surface area contributed by atoms with Crippen LogP contribution in [0.25, 0.3) is 0 Å². The molecule has 0 aliphatic carbocycles. The Bertz CT molecular complexity index is 585. The van der Waals surface area contributed by atoms with Crippen LogP contribution in [-0.2, 0) is 4.79 Å². The summed E-state index contributed by atoms with van der Waals surface area (Å²) >= 11 is 11.6. The van der Waals surface area contributed by atoms with Gasteiger partial charge in [-0.3, -0.25) is 4.79 Å². The van der Waals surface area contributed by atoms with Gasteiger partial charge in [-0.2, -0.15) is 0 Å². The van der Waals surface area contributed by atoms with Crippen LogP contribution in [0.5, 0.6) is 5.75 Å². The van der Waals surface area contributed by atoms with Crippen molar-refractivity contribution in [1.82, 2.24) is 5.32 Å². The molecule has 1 rings (SSSR count). The third-order valence-electron chi connectivity index (χ3n) is 3.87. The molecule has 26 heavy (non-hydrogen) atoms. The minimum absolute atomic E-state index is 0. The van der Waals surface area contributed by atoms with Gasteiger partial charge in [-0.25, -0.2) is 0 Å². The zero-order valence-electron chi connectivity index (χ0n) is 15.2. The van der Waals surface area contributed by atoms with Crippen LogP contribution in [0.4, 0.5) is 0 Å². The number of halogens is 2. The van der Waals surface area contributed by atoms with Gasteiger partial charge in [0.25, 0.3) is 5.91 Å². The molecule has 0 aliphatic heterocycles. The second-order valence-corrected chi connectivity index (χ2v) is 6.83. The molecule has 140 valence electrons. The first-order chi connectivity index (χ1) is 11.9. The number of aromatic hydroxyl groups is 1.